The first-order valence-corrected chi connectivity index (χ1v) is 6.57. The second-order valence-corrected chi connectivity index (χ2v) is 5.05. The summed E-state index contributed by atoms with van der Waals surface area (Å²) in [5.74, 6) is -0.0549. The minimum Gasteiger partial charge on any atom is -0.353 e. The number of nitrogens with one attached hydrogen (secondary N) is 3. The van der Waals surface area contributed by atoms with Crippen molar-refractivity contribution in [2.45, 2.75) is 19.9 Å². The molecule has 0 saturated heterocycles. The summed E-state index contributed by atoms with van der Waals surface area (Å²) in [6, 6.07) is 9.65. The Bertz CT molecular complexity index is 740. The van der Waals surface area contributed by atoms with Crippen LogP contribution in [-0.4, -0.2) is 27.1 Å². The SMILES string of the molecule is CC(C)NC(=O)c1cccc2[nH]c(-c3ccn[nH]3)cc12. The number of carbonyl (C=O) groups excluding carboxylic acids is 1. The Balaban J connectivity index is 2.08. The normalized spacial score (nSPS) is 11.2. The summed E-state index contributed by atoms with van der Waals surface area (Å²) in [6.45, 7) is 3.90. The molecule has 0 aliphatic heterocycles. The molecule has 1 amide bonds. The molecule has 102 valence electrons. The molecule has 3 N–H and O–H groups in total. The van der Waals surface area contributed by atoms with Crippen LogP contribution in [0.2, 0.25) is 0 Å². The average molecular weight is 268 g/mol. The first-order chi connectivity index (χ1) is 9.65. The van der Waals surface area contributed by atoms with Gasteiger partial charge in [0, 0.05) is 28.7 Å². The average Bonchev–Trinajstić information content (AvgIpc) is 3.05. The Morgan fingerprint density at radius 1 is 1.25 bits per heavy atom. The summed E-state index contributed by atoms with van der Waals surface area (Å²) >= 11 is 0. The predicted octanol–water partition coefficient (Wildman–Crippen LogP) is 2.70. The molecule has 1 aromatic carbocycles. The monoisotopic (exact) mass is 268 g/mol. The van der Waals surface area contributed by atoms with Gasteiger partial charge in [-0.25, -0.2) is 0 Å². The van der Waals surface area contributed by atoms with Crippen LogP contribution >= 0.6 is 0 Å². The third kappa shape index (κ3) is 2.18. The van der Waals surface area contributed by atoms with Crippen molar-refractivity contribution in [3.05, 3.63) is 42.1 Å². The van der Waals surface area contributed by atoms with Crippen molar-refractivity contribution in [2.24, 2.45) is 0 Å². The van der Waals surface area contributed by atoms with Gasteiger partial charge in [0.1, 0.15) is 0 Å². The maximum absolute atomic E-state index is 12.2. The molecule has 0 unspecified atom stereocenters. The summed E-state index contributed by atoms with van der Waals surface area (Å²) in [5, 5.41) is 10.7. The summed E-state index contributed by atoms with van der Waals surface area (Å²) in [5.41, 5.74) is 3.43. The molecule has 0 aliphatic carbocycles. The predicted molar refractivity (Wildman–Crippen MR) is 78.5 cm³/mol. The van der Waals surface area contributed by atoms with E-state index in [4.69, 9.17) is 0 Å². The van der Waals surface area contributed by atoms with Crippen LogP contribution in [0.5, 0.6) is 0 Å². The number of hydrogen-bond donors (Lipinski definition) is 3. The highest BCUT2D eigenvalue weighted by atomic mass is 16.1. The van der Waals surface area contributed by atoms with Gasteiger partial charge in [-0.3, -0.25) is 9.89 Å². The lowest BCUT2D eigenvalue weighted by molar-refractivity contribution is 0.0945. The van der Waals surface area contributed by atoms with Gasteiger partial charge >= 0.3 is 0 Å². The van der Waals surface area contributed by atoms with E-state index in [2.05, 4.69) is 20.5 Å². The van der Waals surface area contributed by atoms with Crippen molar-refractivity contribution in [1.29, 1.82) is 0 Å². The largest absolute Gasteiger partial charge is 0.353 e. The second-order valence-electron chi connectivity index (χ2n) is 5.05. The van der Waals surface area contributed by atoms with Gasteiger partial charge in [-0.2, -0.15) is 5.10 Å². The molecule has 0 aliphatic rings. The van der Waals surface area contributed by atoms with Crippen LogP contribution < -0.4 is 5.32 Å². The molecule has 0 fully saturated rings. The Morgan fingerprint density at radius 3 is 2.80 bits per heavy atom. The zero-order valence-electron chi connectivity index (χ0n) is 11.4. The first kappa shape index (κ1) is 12.5. The number of amides is 1. The fraction of sp³-hybridized carbons (Fsp3) is 0.200. The molecule has 2 aromatic heterocycles. The van der Waals surface area contributed by atoms with Crippen LogP contribution in [0.15, 0.2) is 36.5 Å². The summed E-state index contributed by atoms with van der Waals surface area (Å²) < 4.78 is 0. The minimum absolute atomic E-state index is 0.0549. The van der Waals surface area contributed by atoms with Crippen molar-refractivity contribution < 1.29 is 4.79 Å². The summed E-state index contributed by atoms with van der Waals surface area (Å²) in [4.78, 5) is 15.5. The van der Waals surface area contributed by atoms with Gasteiger partial charge in [-0.1, -0.05) is 6.07 Å². The topological polar surface area (TPSA) is 73.6 Å². The van der Waals surface area contributed by atoms with Gasteiger partial charge in [-0.15, -0.1) is 0 Å². The van der Waals surface area contributed by atoms with E-state index in [9.17, 15) is 4.79 Å². The highest BCUT2D eigenvalue weighted by molar-refractivity contribution is 6.07. The number of benzene rings is 1. The van der Waals surface area contributed by atoms with Crippen molar-refractivity contribution in [3.8, 4) is 11.4 Å². The molecule has 0 bridgehead atoms. The Kier molecular flexibility index (Phi) is 3.02. The quantitative estimate of drug-likeness (QED) is 0.683. The Hall–Kier alpha value is -2.56. The Morgan fingerprint density at radius 2 is 2.10 bits per heavy atom. The summed E-state index contributed by atoms with van der Waals surface area (Å²) in [6.07, 6.45) is 1.70. The second kappa shape index (κ2) is 4.85. The number of aromatic nitrogens is 3. The van der Waals surface area contributed by atoms with Crippen LogP contribution in [0.1, 0.15) is 24.2 Å². The Labute approximate surface area is 116 Å². The van der Waals surface area contributed by atoms with Gasteiger partial charge in [0.15, 0.2) is 0 Å². The number of aromatic amines is 2. The van der Waals surface area contributed by atoms with E-state index in [1.807, 2.05) is 44.2 Å². The third-order valence-corrected chi connectivity index (χ3v) is 3.12. The fourth-order valence-electron chi connectivity index (χ4n) is 2.24. The number of fused-ring (bicyclic) bond motifs is 1. The van der Waals surface area contributed by atoms with Gasteiger partial charge in [0.2, 0.25) is 0 Å². The van der Waals surface area contributed by atoms with E-state index in [1.54, 1.807) is 6.20 Å². The van der Waals surface area contributed by atoms with Crippen molar-refractivity contribution >= 4 is 16.8 Å². The minimum atomic E-state index is -0.0549. The molecule has 0 radical (unpaired) electrons. The van der Waals surface area contributed by atoms with Gasteiger partial charge < -0.3 is 10.3 Å². The van der Waals surface area contributed by atoms with Crippen LogP contribution in [0, 0.1) is 0 Å². The molecule has 5 heteroatoms. The molecule has 20 heavy (non-hydrogen) atoms. The zero-order valence-corrected chi connectivity index (χ0v) is 11.4. The lowest BCUT2D eigenvalue weighted by Crippen LogP contribution is -2.30. The lowest BCUT2D eigenvalue weighted by atomic mass is 10.1. The molecule has 3 aromatic rings. The number of rotatable bonds is 3. The molecule has 0 saturated carbocycles. The first-order valence-electron chi connectivity index (χ1n) is 6.57. The molecule has 5 nitrogen and oxygen atoms in total. The van der Waals surface area contributed by atoms with Crippen LogP contribution in [0.25, 0.3) is 22.3 Å². The standard InChI is InChI=1S/C15H16N4O/c1-9(2)17-15(20)10-4-3-5-12-11(10)8-14(18-12)13-6-7-16-19-13/h3-9,18H,1-2H3,(H,16,19)(H,17,20). The molecule has 3 rings (SSSR count). The highest BCUT2D eigenvalue weighted by Crippen LogP contribution is 2.25. The van der Waals surface area contributed by atoms with Crippen LogP contribution in [0.3, 0.4) is 0 Å². The molecular formula is C15H16N4O. The van der Waals surface area contributed by atoms with Crippen molar-refractivity contribution in [3.63, 3.8) is 0 Å². The molecule has 0 spiro atoms. The van der Waals surface area contributed by atoms with Gasteiger partial charge in [-0.05, 0) is 38.1 Å². The lowest BCUT2D eigenvalue weighted by Gasteiger charge is -2.08. The molecule has 2 heterocycles. The zero-order chi connectivity index (χ0) is 14.1. The maximum Gasteiger partial charge on any atom is 0.252 e. The fourth-order valence-corrected chi connectivity index (χ4v) is 2.24. The van der Waals surface area contributed by atoms with E-state index in [1.165, 1.54) is 0 Å². The number of carbonyl (C=O) groups is 1. The maximum atomic E-state index is 12.2. The molecule has 0 atom stereocenters. The van der Waals surface area contributed by atoms with E-state index < -0.39 is 0 Å². The smallest absolute Gasteiger partial charge is 0.252 e. The van der Waals surface area contributed by atoms with Crippen molar-refractivity contribution in [1.82, 2.24) is 20.5 Å². The van der Waals surface area contributed by atoms with Crippen LogP contribution in [-0.2, 0) is 0 Å². The third-order valence-electron chi connectivity index (χ3n) is 3.12. The van der Waals surface area contributed by atoms with Crippen LogP contribution in [0.4, 0.5) is 0 Å². The number of hydrogen-bond acceptors (Lipinski definition) is 2. The highest BCUT2D eigenvalue weighted by Gasteiger charge is 2.13. The van der Waals surface area contributed by atoms with Gasteiger partial charge in [0.05, 0.1) is 11.4 Å². The van der Waals surface area contributed by atoms with E-state index >= 15 is 0 Å². The number of H-pyrrole nitrogens is 2. The van der Waals surface area contributed by atoms with E-state index in [0.29, 0.717) is 5.56 Å². The summed E-state index contributed by atoms with van der Waals surface area (Å²) in [7, 11) is 0. The number of nitrogens with zero attached hydrogens (tertiary/aromatic N) is 1. The van der Waals surface area contributed by atoms with E-state index in [-0.39, 0.29) is 11.9 Å². The van der Waals surface area contributed by atoms with E-state index in [0.717, 1.165) is 22.3 Å². The van der Waals surface area contributed by atoms with Crippen molar-refractivity contribution in [2.75, 3.05) is 0 Å². The van der Waals surface area contributed by atoms with Gasteiger partial charge in [0.25, 0.3) is 5.91 Å². The molecular weight excluding hydrogens is 252 g/mol.